The maximum absolute atomic E-state index is 5.71. The van der Waals surface area contributed by atoms with E-state index in [0.29, 0.717) is 6.10 Å². The minimum Gasteiger partial charge on any atom is -0.490 e. The van der Waals surface area contributed by atoms with Gasteiger partial charge in [-0.15, -0.1) is 11.3 Å². The zero-order valence-corrected chi connectivity index (χ0v) is 11.3. The Morgan fingerprint density at radius 1 is 1.33 bits per heavy atom. The maximum Gasteiger partial charge on any atom is 0.123 e. The molecule has 0 saturated carbocycles. The highest BCUT2D eigenvalue weighted by molar-refractivity contribution is 7.09. The van der Waals surface area contributed by atoms with Crippen molar-refractivity contribution in [1.29, 1.82) is 0 Å². The van der Waals surface area contributed by atoms with Crippen LogP contribution in [0.1, 0.15) is 22.9 Å². The number of ether oxygens (including phenoxy) is 1. The van der Waals surface area contributed by atoms with E-state index < -0.39 is 0 Å². The Morgan fingerprint density at radius 2 is 2.28 bits per heavy atom. The summed E-state index contributed by atoms with van der Waals surface area (Å²) in [5.41, 5.74) is 2.68. The smallest absolute Gasteiger partial charge is 0.123 e. The second kappa shape index (κ2) is 5.12. The molecule has 0 fully saturated rings. The molecule has 1 atom stereocenters. The van der Waals surface area contributed by atoms with Gasteiger partial charge in [0.05, 0.1) is 0 Å². The fourth-order valence-electron chi connectivity index (χ4n) is 2.33. The van der Waals surface area contributed by atoms with Gasteiger partial charge in [0.15, 0.2) is 0 Å². The first-order chi connectivity index (χ1) is 8.81. The Morgan fingerprint density at radius 3 is 3.11 bits per heavy atom. The molecule has 94 valence electrons. The molecular formula is C15H17NOS. The molecule has 0 bridgehead atoms. The highest BCUT2D eigenvalue weighted by Gasteiger charge is 2.18. The van der Waals surface area contributed by atoms with Gasteiger partial charge in [-0.3, -0.25) is 0 Å². The Balaban J connectivity index is 1.59. The minimum atomic E-state index is 0.328. The predicted molar refractivity (Wildman–Crippen MR) is 75.1 cm³/mol. The Labute approximate surface area is 112 Å². The topological polar surface area (TPSA) is 21.3 Å². The van der Waals surface area contributed by atoms with Gasteiger partial charge >= 0.3 is 0 Å². The molecule has 0 radical (unpaired) electrons. The van der Waals surface area contributed by atoms with Crippen molar-refractivity contribution < 1.29 is 4.74 Å². The van der Waals surface area contributed by atoms with E-state index in [2.05, 4.69) is 48.0 Å². The van der Waals surface area contributed by atoms with Crippen molar-refractivity contribution in [2.24, 2.45) is 0 Å². The van der Waals surface area contributed by atoms with E-state index in [-0.39, 0.29) is 0 Å². The van der Waals surface area contributed by atoms with Gasteiger partial charge < -0.3 is 10.1 Å². The molecule has 3 rings (SSSR count). The van der Waals surface area contributed by atoms with Crippen molar-refractivity contribution in [2.75, 3.05) is 0 Å². The Hall–Kier alpha value is -1.32. The van der Waals surface area contributed by atoms with E-state index in [1.54, 1.807) is 11.3 Å². The molecule has 1 aromatic carbocycles. The number of thiophene rings is 1. The molecule has 1 aliphatic heterocycles. The van der Waals surface area contributed by atoms with Crippen LogP contribution in [0.4, 0.5) is 0 Å². The van der Waals surface area contributed by atoms with Gasteiger partial charge in [-0.1, -0.05) is 18.2 Å². The molecule has 1 unspecified atom stereocenters. The molecule has 2 heterocycles. The van der Waals surface area contributed by atoms with E-state index in [1.807, 2.05) is 0 Å². The van der Waals surface area contributed by atoms with Crippen LogP contribution in [0.5, 0.6) is 5.75 Å². The lowest BCUT2D eigenvalue weighted by Gasteiger charge is -2.05. The average molecular weight is 259 g/mol. The van der Waals surface area contributed by atoms with Crippen LogP contribution >= 0.6 is 11.3 Å². The number of hydrogen-bond donors (Lipinski definition) is 1. The molecule has 3 heteroatoms. The van der Waals surface area contributed by atoms with Gasteiger partial charge in [-0.25, -0.2) is 0 Å². The lowest BCUT2D eigenvalue weighted by Crippen LogP contribution is -2.11. The number of hydrogen-bond acceptors (Lipinski definition) is 3. The van der Waals surface area contributed by atoms with Gasteiger partial charge in [0.1, 0.15) is 11.9 Å². The molecule has 1 N–H and O–H groups in total. The van der Waals surface area contributed by atoms with Gasteiger partial charge in [-0.05, 0) is 35.6 Å². The zero-order chi connectivity index (χ0) is 12.4. The molecule has 0 amide bonds. The van der Waals surface area contributed by atoms with Crippen molar-refractivity contribution in [3.05, 3.63) is 51.7 Å². The Bertz CT molecular complexity index is 521. The molecule has 2 nitrogen and oxygen atoms in total. The number of benzene rings is 1. The molecular weight excluding hydrogens is 242 g/mol. The fourth-order valence-corrected chi connectivity index (χ4v) is 3.00. The van der Waals surface area contributed by atoms with Crippen LogP contribution < -0.4 is 10.1 Å². The lowest BCUT2D eigenvalue weighted by atomic mass is 10.1. The van der Waals surface area contributed by atoms with Crippen molar-refractivity contribution in [1.82, 2.24) is 5.32 Å². The largest absolute Gasteiger partial charge is 0.490 e. The van der Waals surface area contributed by atoms with Crippen LogP contribution in [0.2, 0.25) is 0 Å². The summed E-state index contributed by atoms with van der Waals surface area (Å²) < 4.78 is 5.71. The second-order valence-electron chi connectivity index (χ2n) is 4.76. The van der Waals surface area contributed by atoms with Crippen LogP contribution in [0.3, 0.4) is 0 Å². The third-order valence-electron chi connectivity index (χ3n) is 3.17. The molecule has 1 aromatic heterocycles. The van der Waals surface area contributed by atoms with Crippen LogP contribution in [-0.4, -0.2) is 6.10 Å². The average Bonchev–Trinajstić information content (AvgIpc) is 2.96. The molecule has 0 aliphatic carbocycles. The van der Waals surface area contributed by atoms with Crippen LogP contribution in [0, 0.1) is 0 Å². The summed E-state index contributed by atoms with van der Waals surface area (Å²) in [5.74, 6) is 1.06. The molecule has 2 aromatic rings. The van der Waals surface area contributed by atoms with Crippen molar-refractivity contribution in [3.8, 4) is 5.75 Å². The van der Waals surface area contributed by atoms with E-state index in [9.17, 15) is 0 Å². The number of rotatable bonds is 4. The first-order valence-electron chi connectivity index (χ1n) is 6.33. The summed E-state index contributed by atoms with van der Waals surface area (Å²) in [7, 11) is 0. The van der Waals surface area contributed by atoms with Gasteiger partial charge in [0.25, 0.3) is 0 Å². The maximum atomic E-state index is 5.71. The minimum absolute atomic E-state index is 0.328. The standard InChI is InChI=1S/C15H17NOS/c1-11-7-13-8-12(4-5-15(13)17-11)9-16-10-14-3-2-6-18-14/h2-6,8,11,16H,7,9-10H2,1H3. The first kappa shape index (κ1) is 11.8. The van der Waals surface area contributed by atoms with E-state index in [1.165, 1.54) is 16.0 Å². The van der Waals surface area contributed by atoms with Gasteiger partial charge in [0, 0.05) is 24.4 Å². The molecule has 18 heavy (non-hydrogen) atoms. The summed E-state index contributed by atoms with van der Waals surface area (Å²) in [6.45, 7) is 3.98. The highest BCUT2D eigenvalue weighted by Crippen LogP contribution is 2.29. The number of fused-ring (bicyclic) bond motifs is 1. The summed E-state index contributed by atoms with van der Waals surface area (Å²) in [6.07, 6.45) is 1.36. The van der Waals surface area contributed by atoms with Crippen molar-refractivity contribution in [2.45, 2.75) is 32.5 Å². The van der Waals surface area contributed by atoms with E-state index in [4.69, 9.17) is 4.74 Å². The van der Waals surface area contributed by atoms with Crippen molar-refractivity contribution >= 4 is 11.3 Å². The zero-order valence-electron chi connectivity index (χ0n) is 10.5. The third kappa shape index (κ3) is 2.57. The van der Waals surface area contributed by atoms with Gasteiger partial charge in [-0.2, -0.15) is 0 Å². The van der Waals surface area contributed by atoms with Crippen LogP contribution in [0.25, 0.3) is 0 Å². The van der Waals surface area contributed by atoms with Crippen LogP contribution in [-0.2, 0) is 19.5 Å². The number of nitrogens with one attached hydrogen (secondary N) is 1. The monoisotopic (exact) mass is 259 g/mol. The molecule has 0 spiro atoms. The Kier molecular flexibility index (Phi) is 3.35. The summed E-state index contributed by atoms with van der Waals surface area (Å²) in [5, 5.41) is 5.59. The normalized spacial score (nSPS) is 17.5. The highest BCUT2D eigenvalue weighted by atomic mass is 32.1. The summed E-state index contributed by atoms with van der Waals surface area (Å²) >= 11 is 1.80. The van der Waals surface area contributed by atoms with Crippen molar-refractivity contribution in [3.63, 3.8) is 0 Å². The third-order valence-corrected chi connectivity index (χ3v) is 4.05. The van der Waals surface area contributed by atoms with E-state index >= 15 is 0 Å². The summed E-state index contributed by atoms with van der Waals surface area (Å²) in [4.78, 5) is 1.38. The quantitative estimate of drug-likeness (QED) is 0.909. The summed E-state index contributed by atoms with van der Waals surface area (Å²) in [6, 6.07) is 10.8. The fraction of sp³-hybridized carbons (Fsp3) is 0.333. The molecule has 0 saturated heterocycles. The first-order valence-corrected chi connectivity index (χ1v) is 7.21. The lowest BCUT2D eigenvalue weighted by molar-refractivity contribution is 0.254. The van der Waals surface area contributed by atoms with Gasteiger partial charge in [0.2, 0.25) is 0 Å². The molecule has 1 aliphatic rings. The SMILES string of the molecule is CC1Cc2cc(CNCc3cccs3)ccc2O1. The second-order valence-corrected chi connectivity index (χ2v) is 5.79. The van der Waals surface area contributed by atoms with E-state index in [0.717, 1.165) is 25.3 Å². The predicted octanol–water partition coefficient (Wildman–Crippen LogP) is 3.36. The van der Waals surface area contributed by atoms with Crippen LogP contribution in [0.15, 0.2) is 35.7 Å².